The molecule has 0 saturated carbocycles. The topological polar surface area (TPSA) is 94.8 Å². The number of carbonyl (C=O) groups excluding carboxylic acids is 2. The maximum Gasteiger partial charge on any atom is 0.344 e. The fraction of sp³-hybridized carbons (Fsp3) is 0.476. The molecule has 2 aromatic rings. The third kappa shape index (κ3) is 4.52. The van der Waals surface area contributed by atoms with Crippen molar-refractivity contribution in [2.45, 2.75) is 58.6 Å². The third-order valence-electron chi connectivity index (χ3n) is 4.48. The van der Waals surface area contributed by atoms with E-state index in [4.69, 9.17) is 13.9 Å². The number of carbonyl (C=O) groups is 2. The van der Waals surface area contributed by atoms with Gasteiger partial charge in [-0.3, -0.25) is 4.79 Å². The monoisotopic (exact) mass is 387 g/mol. The summed E-state index contributed by atoms with van der Waals surface area (Å²) in [5, 5.41) is 3.64. The Kier molecular flexibility index (Phi) is 5.45. The van der Waals surface area contributed by atoms with Gasteiger partial charge in [0.15, 0.2) is 12.7 Å². The van der Waals surface area contributed by atoms with E-state index >= 15 is 0 Å². The minimum atomic E-state index is -0.924. The molecular weight excluding hydrogens is 362 g/mol. The van der Waals surface area contributed by atoms with E-state index in [1.807, 2.05) is 26.8 Å². The van der Waals surface area contributed by atoms with E-state index in [-0.39, 0.29) is 18.1 Å². The van der Waals surface area contributed by atoms with Crippen LogP contribution >= 0.6 is 0 Å². The molecule has 150 valence electrons. The van der Waals surface area contributed by atoms with Gasteiger partial charge in [-0.15, -0.1) is 0 Å². The number of fused-ring (bicyclic) bond motifs is 3. The van der Waals surface area contributed by atoms with Crippen LogP contribution in [0.25, 0.3) is 11.0 Å². The smallest absolute Gasteiger partial charge is 0.344 e. The second-order valence-electron chi connectivity index (χ2n) is 8.02. The summed E-state index contributed by atoms with van der Waals surface area (Å²) in [6.45, 7) is 6.68. The standard InChI is InChI=1S/C21H25NO6/c1-12(19(24)22-21(2,3)4)27-18(23)11-26-13-8-9-15-14-6-5-7-16(14)20(25)28-17(15)10-13/h8-10,12H,5-7,11H2,1-4H3,(H,22,24)/t12-/m0/s1. The van der Waals surface area contributed by atoms with Gasteiger partial charge < -0.3 is 19.2 Å². The van der Waals surface area contributed by atoms with E-state index in [9.17, 15) is 14.4 Å². The summed E-state index contributed by atoms with van der Waals surface area (Å²) in [5.74, 6) is -0.647. The first-order valence-corrected chi connectivity index (χ1v) is 9.37. The van der Waals surface area contributed by atoms with E-state index in [1.165, 1.54) is 6.92 Å². The van der Waals surface area contributed by atoms with Crippen LogP contribution in [0.4, 0.5) is 0 Å². The molecule has 1 atom stereocenters. The summed E-state index contributed by atoms with van der Waals surface area (Å²) in [6.07, 6.45) is 1.63. The Labute approximate surface area is 163 Å². The molecule has 0 unspecified atom stereocenters. The zero-order chi connectivity index (χ0) is 20.5. The number of nitrogens with one attached hydrogen (secondary N) is 1. The van der Waals surface area contributed by atoms with E-state index in [0.717, 1.165) is 35.8 Å². The molecule has 28 heavy (non-hydrogen) atoms. The van der Waals surface area contributed by atoms with Gasteiger partial charge >= 0.3 is 11.6 Å². The Morgan fingerprint density at radius 1 is 1.21 bits per heavy atom. The Morgan fingerprint density at radius 2 is 1.93 bits per heavy atom. The second kappa shape index (κ2) is 7.66. The molecule has 1 aliphatic rings. The van der Waals surface area contributed by atoms with Crippen molar-refractivity contribution in [3.8, 4) is 5.75 Å². The Morgan fingerprint density at radius 3 is 2.64 bits per heavy atom. The van der Waals surface area contributed by atoms with Crippen LogP contribution in [0.3, 0.4) is 0 Å². The highest BCUT2D eigenvalue weighted by Gasteiger charge is 2.23. The van der Waals surface area contributed by atoms with Gasteiger partial charge in [0.2, 0.25) is 0 Å². The van der Waals surface area contributed by atoms with E-state index in [1.54, 1.807) is 12.1 Å². The van der Waals surface area contributed by atoms with Crippen LogP contribution in [0.15, 0.2) is 27.4 Å². The van der Waals surface area contributed by atoms with Crippen LogP contribution in [0.2, 0.25) is 0 Å². The molecule has 1 aromatic heterocycles. The summed E-state index contributed by atoms with van der Waals surface area (Å²) >= 11 is 0. The zero-order valence-electron chi connectivity index (χ0n) is 16.6. The number of aryl methyl sites for hydroxylation is 1. The van der Waals surface area contributed by atoms with E-state index in [2.05, 4.69) is 5.32 Å². The number of amides is 1. The molecule has 0 bridgehead atoms. The molecule has 1 amide bonds. The lowest BCUT2D eigenvalue weighted by molar-refractivity contribution is -0.157. The van der Waals surface area contributed by atoms with Gasteiger partial charge in [0.05, 0.1) is 0 Å². The van der Waals surface area contributed by atoms with Crippen LogP contribution < -0.4 is 15.7 Å². The molecule has 1 heterocycles. The molecule has 0 fully saturated rings. The van der Waals surface area contributed by atoms with Crippen molar-refractivity contribution in [1.29, 1.82) is 0 Å². The van der Waals surface area contributed by atoms with Crippen molar-refractivity contribution in [2.24, 2.45) is 0 Å². The molecule has 0 aliphatic heterocycles. The number of hydrogen-bond donors (Lipinski definition) is 1. The zero-order valence-corrected chi connectivity index (χ0v) is 16.6. The molecule has 0 spiro atoms. The average Bonchev–Trinajstić information content (AvgIpc) is 3.09. The Bertz CT molecular complexity index is 969. The van der Waals surface area contributed by atoms with Gasteiger partial charge in [0, 0.05) is 22.6 Å². The van der Waals surface area contributed by atoms with E-state index in [0.29, 0.717) is 11.3 Å². The van der Waals surface area contributed by atoms with Crippen LogP contribution in [-0.4, -0.2) is 30.1 Å². The molecule has 7 heteroatoms. The molecule has 0 saturated heterocycles. The molecule has 1 aliphatic carbocycles. The van der Waals surface area contributed by atoms with Crippen molar-refractivity contribution >= 4 is 22.8 Å². The molecule has 3 rings (SSSR count). The first-order chi connectivity index (χ1) is 13.1. The van der Waals surface area contributed by atoms with Crippen LogP contribution in [0, 0.1) is 0 Å². The number of esters is 1. The van der Waals surface area contributed by atoms with Crippen LogP contribution in [0.1, 0.15) is 45.2 Å². The lowest BCUT2D eigenvalue weighted by Crippen LogP contribution is -2.46. The third-order valence-corrected chi connectivity index (χ3v) is 4.48. The fourth-order valence-corrected chi connectivity index (χ4v) is 3.25. The highest BCUT2D eigenvalue weighted by Crippen LogP contribution is 2.29. The van der Waals surface area contributed by atoms with Crippen molar-refractivity contribution < 1.29 is 23.5 Å². The van der Waals surface area contributed by atoms with Gasteiger partial charge in [0.25, 0.3) is 5.91 Å². The summed E-state index contributed by atoms with van der Waals surface area (Å²) in [7, 11) is 0. The van der Waals surface area contributed by atoms with Crippen molar-refractivity contribution in [3.05, 3.63) is 39.7 Å². The maximum absolute atomic E-state index is 12.1. The predicted octanol–water partition coefficient (Wildman–Crippen LogP) is 2.51. The van der Waals surface area contributed by atoms with E-state index < -0.39 is 17.6 Å². The number of hydrogen-bond acceptors (Lipinski definition) is 6. The largest absolute Gasteiger partial charge is 0.482 e. The maximum atomic E-state index is 12.1. The summed E-state index contributed by atoms with van der Waals surface area (Å²) < 4.78 is 15.9. The average molecular weight is 387 g/mol. The number of ether oxygens (including phenoxy) is 2. The van der Waals surface area contributed by atoms with Gasteiger partial charge in [0.1, 0.15) is 11.3 Å². The normalized spacial score (nSPS) is 14.4. The first-order valence-electron chi connectivity index (χ1n) is 9.37. The number of rotatable bonds is 5. The highest BCUT2D eigenvalue weighted by atomic mass is 16.6. The SMILES string of the molecule is C[C@H](OC(=O)COc1ccc2c3c(c(=O)oc2c1)CCC3)C(=O)NC(C)(C)C. The van der Waals surface area contributed by atoms with Gasteiger partial charge in [-0.1, -0.05) is 0 Å². The first kappa shape index (κ1) is 19.9. The quantitative estimate of drug-likeness (QED) is 0.626. The predicted molar refractivity (Wildman–Crippen MR) is 103 cm³/mol. The van der Waals surface area contributed by atoms with Crippen molar-refractivity contribution in [3.63, 3.8) is 0 Å². The summed E-state index contributed by atoms with van der Waals surface area (Å²) in [4.78, 5) is 36.0. The minimum absolute atomic E-state index is 0.310. The molecular formula is C21H25NO6. The Balaban J connectivity index is 1.62. The number of benzene rings is 1. The van der Waals surface area contributed by atoms with Gasteiger partial charge in [-0.05, 0) is 64.7 Å². The van der Waals surface area contributed by atoms with Gasteiger partial charge in [-0.25, -0.2) is 9.59 Å². The summed E-state index contributed by atoms with van der Waals surface area (Å²) in [6, 6.07) is 5.16. The lowest BCUT2D eigenvalue weighted by atomic mass is 10.1. The molecule has 1 N–H and O–H groups in total. The highest BCUT2D eigenvalue weighted by molar-refractivity contribution is 5.85. The summed E-state index contributed by atoms with van der Waals surface area (Å²) in [5.41, 5.74) is 1.51. The molecule has 0 radical (unpaired) electrons. The second-order valence-corrected chi connectivity index (χ2v) is 8.02. The molecule has 1 aromatic carbocycles. The van der Waals surface area contributed by atoms with Crippen molar-refractivity contribution in [1.82, 2.24) is 5.32 Å². The van der Waals surface area contributed by atoms with Crippen LogP contribution in [0.5, 0.6) is 5.75 Å². The lowest BCUT2D eigenvalue weighted by Gasteiger charge is -2.23. The van der Waals surface area contributed by atoms with Crippen LogP contribution in [-0.2, 0) is 27.2 Å². The molecule has 7 nitrogen and oxygen atoms in total. The fourth-order valence-electron chi connectivity index (χ4n) is 3.25. The Hall–Kier alpha value is -2.83. The van der Waals surface area contributed by atoms with Gasteiger partial charge in [-0.2, -0.15) is 0 Å². The van der Waals surface area contributed by atoms with Crippen molar-refractivity contribution in [2.75, 3.05) is 6.61 Å². The minimum Gasteiger partial charge on any atom is -0.482 e.